The maximum absolute atomic E-state index is 3.58. The number of nitrogens with one attached hydrogen (secondary N) is 1. The fourth-order valence-corrected chi connectivity index (χ4v) is 2.48. The molecule has 0 spiro atoms. The molecule has 2 saturated heterocycles. The summed E-state index contributed by atoms with van der Waals surface area (Å²) in [5.74, 6) is 0. The fourth-order valence-electron chi connectivity index (χ4n) is 2.48. The van der Waals surface area contributed by atoms with Crippen molar-refractivity contribution < 1.29 is 0 Å². The molecular weight excluding hydrogens is 148 g/mol. The van der Waals surface area contributed by atoms with E-state index in [0.29, 0.717) is 5.54 Å². The molecule has 0 aromatic rings. The Hall–Kier alpha value is -0.0800. The van der Waals surface area contributed by atoms with Gasteiger partial charge in [-0.1, -0.05) is 0 Å². The van der Waals surface area contributed by atoms with Gasteiger partial charge in [0.2, 0.25) is 0 Å². The highest BCUT2D eigenvalue weighted by Gasteiger charge is 2.44. The molecule has 2 unspecified atom stereocenters. The Morgan fingerprint density at radius 1 is 1.33 bits per heavy atom. The van der Waals surface area contributed by atoms with Crippen LogP contribution in [0.25, 0.3) is 0 Å². The predicted molar refractivity (Wildman–Crippen MR) is 51.3 cm³/mol. The van der Waals surface area contributed by atoms with Crippen molar-refractivity contribution in [2.75, 3.05) is 13.1 Å². The van der Waals surface area contributed by atoms with E-state index in [9.17, 15) is 0 Å². The fraction of sp³-hybridized carbons (Fsp3) is 1.00. The van der Waals surface area contributed by atoms with Gasteiger partial charge >= 0.3 is 0 Å². The second-order valence-corrected chi connectivity index (χ2v) is 5.09. The van der Waals surface area contributed by atoms with Crippen molar-refractivity contribution in [3.63, 3.8) is 0 Å². The lowest BCUT2D eigenvalue weighted by Gasteiger charge is -2.57. The van der Waals surface area contributed by atoms with Crippen molar-refractivity contribution in [3.8, 4) is 0 Å². The van der Waals surface area contributed by atoms with E-state index in [1.165, 1.54) is 25.9 Å². The second kappa shape index (κ2) is 2.71. The van der Waals surface area contributed by atoms with Gasteiger partial charge < -0.3 is 5.32 Å². The minimum Gasteiger partial charge on any atom is -0.311 e. The smallest absolute Gasteiger partial charge is 0.0351 e. The molecule has 2 heteroatoms. The average Bonchev–Trinajstić information content (AvgIpc) is 1.88. The first-order chi connectivity index (χ1) is 5.59. The number of nitrogens with zero attached hydrogens (tertiary/aromatic N) is 1. The molecule has 0 aliphatic carbocycles. The van der Waals surface area contributed by atoms with Crippen LogP contribution in [0.4, 0.5) is 0 Å². The summed E-state index contributed by atoms with van der Waals surface area (Å²) in [5, 5.41) is 3.58. The van der Waals surface area contributed by atoms with Crippen LogP contribution in [0, 0.1) is 0 Å². The molecule has 0 radical (unpaired) electrons. The lowest BCUT2D eigenvalue weighted by molar-refractivity contribution is -0.0471. The summed E-state index contributed by atoms with van der Waals surface area (Å²) in [6, 6.07) is 1.64. The zero-order chi connectivity index (χ0) is 8.77. The van der Waals surface area contributed by atoms with Gasteiger partial charge in [-0.05, 0) is 40.2 Å². The van der Waals surface area contributed by atoms with E-state index in [-0.39, 0.29) is 0 Å². The third kappa shape index (κ3) is 1.27. The van der Waals surface area contributed by atoms with Crippen LogP contribution >= 0.6 is 0 Å². The van der Waals surface area contributed by atoms with Gasteiger partial charge in [-0.15, -0.1) is 0 Å². The van der Waals surface area contributed by atoms with Crippen molar-refractivity contribution >= 4 is 0 Å². The molecule has 70 valence electrons. The van der Waals surface area contributed by atoms with E-state index in [1.54, 1.807) is 0 Å². The molecular formula is C10H20N2. The van der Waals surface area contributed by atoms with Crippen LogP contribution in [0.5, 0.6) is 0 Å². The van der Waals surface area contributed by atoms with Crippen LogP contribution < -0.4 is 5.32 Å². The summed E-state index contributed by atoms with van der Waals surface area (Å²) >= 11 is 0. The van der Waals surface area contributed by atoms with Gasteiger partial charge in [0.1, 0.15) is 0 Å². The standard InChI is InChI=1S/C10H20N2/c1-10(2,3)12-7-8-9(12)5-4-6-11-8/h8-9,11H,4-7H2,1-3H3. The minimum absolute atomic E-state index is 0.375. The molecule has 2 aliphatic heterocycles. The highest BCUT2D eigenvalue weighted by Crippen LogP contribution is 2.32. The van der Waals surface area contributed by atoms with Crippen LogP contribution in [-0.4, -0.2) is 35.6 Å². The third-order valence-electron chi connectivity index (χ3n) is 3.20. The zero-order valence-corrected chi connectivity index (χ0v) is 8.43. The maximum atomic E-state index is 3.58. The van der Waals surface area contributed by atoms with Gasteiger partial charge in [0.15, 0.2) is 0 Å². The summed E-state index contributed by atoms with van der Waals surface area (Å²) in [7, 11) is 0. The summed E-state index contributed by atoms with van der Waals surface area (Å²) in [6.07, 6.45) is 2.75. The minimum atomic E-state index is 0.375. The molecule has 2 atom stereocenters. The summed E-state index contributed by atoms with van der Waals surface area (Å²) in [5.41, 5.74) is 0.375. The van der Waals surface area contributed by atoms with Crippen molar-refractivity contribution in [1.29, 1.82) is 0 Å². The van der Waals surface area contributed by atoms with Gasteiger partial charge in [-0.3, -0.25) is 4.90 Å². The highest BCUT2D eigenvalue weighted by molar-refractivity contribution is 5.03. The Balaban J connectivity index is 1.97. The predicted octanol–water partition coefficient (Wildman–Crippen LogP) is 1.22. The quantitative estimate of drug-likeness (QED) is 0.585. The second-order valence-electron chi connectivity index (χ2n) is 5.09. The number of hydrogen-bond donors (Lipinski definition) is 1. The van der Waals surface area contributed by atoms with E-state index in [0.717, 1.165) is 12.1 Å². The maximum Gasteiger partial charge on any atom is 0.0351 e. The average molecular weight is 168 g/mol. The van der Waals surface area contributed by atoms with Crippen molar-refractivity contribution in [3.05, 3.63) is 0 Å². The van der Waals surface area contributed by atoms with Crippen molar-refractivity contribution in [2.24, 2.45) is 0 Å². The van der Waals surface area contributed by atoms with E-state index in [1.807, 2.05) is 0 Å². The summed E-state index contributed by atoms with van der Waals surface area (Å²) in [4.78, 5) is 2.63. The molecule has 2 aliphatic rings. The van der Waals surface area contributed by atoms with Gasteiger partial charge in [0.05, 0.1) is 0 Å². The first kappa shape index (κ1) is 8.52. The Morgan fingerprint density at radius 2 is 2.08 bits per heavy atom. The largest absolute Gasteiger partial charge is 0.311 e. The van der Waals surface area contributed by atoms with Crippen molar-refractivity contribution in [2.45, 2.75) is 51.2 Å². The molecule has 2 heterocycles. The molecule has 2 rings (SSSR count). The number of hydrogen-bond acceptors (Lipinski definition) is 2. The van der Waals surface area contributed by atoms with Crippen LogP contribution in [-0.2, 0) is 0 Å². The molecule has 0 bridgehead atoms. The topological polar surface area (TPSA) is 15.3 Å². The van der Waals surface area contributed by atoms with E-state index in [4.69, 9.17) is 0 Å². The van der Waals surface area contributed by atoms with E-state index in [2.05, 4.69) is 31.0 Å². The van der Waals surface area contributed by atoms with Crippen LogP contribution in [0.15, 0.2) is 0 Å². The number of fused-ring (bicyclic) bond motifs is 1. The molecule has 1 N–H and O–H groups in total. The van der Waals surface area contributed by atoms with E-state index < -0.39 is 0 Å². The Labute approximate surface area is 75.3 Å². The Bertz CT molecular complexity index is 171. The Morgan fingerprint density at radius 3 is 2.67 bits per heavy atom. The molecule has 0 amide bonds. The molecule has 0 saturated carbocycles. The number of piperidine rings is 1. The molecule has 2 nitrogen and oxygen atoms in total. The van der Waals surface area contributed by atoms with Crippen LogP contribution in [0.1, 0.15) is 33.6 Å². The summed E-state index contributed by atoms with van der Waals surface area (Å²) < 4.78 is 0. The summed E-state index contributed by atoms with van der Waals surface area (Å²) in [6.45, 7) is 9.45. The van der Waals surface area contributed by atoms with Gasteiger partial charge in [-0.25, -0.2) is 0 Å². The molecule has 2 fully saturated rings. The molecule has 12 heavy (non-hydrogen) atoms. The molecule has 0 aromatic carbocycles. The lowest BCUT2D eigenvalue weighted by Crippen LogP contribution is -2.72. The van der Waals surface area contributed by atoms with Gasteiger partial charge in [0.25, 0.3) is 0 Å². The Kier molecular flexibility index (Phi) is 1.92. The lowest BCUT2D eigenvalue weighted by atomic mass is 9.84. The van der Waals surface area contributed by atoms with Crippen LogP contribution in [0.2, 0.25) is 0 Å². The van der Waals surface area contributed by atoms with Crippen molar-refractivity contribution in [1.82, 2.24) is 10.2 Å². The SMILES string of the molecule is CC(C)(C)N1CC2NCCCC21. The van der Waals surface area contributed by atoms with E-state index >= 15 is 0 Å². The third-order valence-corrected chi connectivity index (χ3v) is 3.20. The van der Waals surface area contributed by atoms with Gasteiger partial charge in [-0.2, -0.15) is 0 Å². The van der Waals surface area contributed by atoms with Gasteiger partial charge in [0, 0.05) is 24.2 Å². The van der Waals surface area contributed by atoms with Crippen LogP contribution in [0.3, 0.4) is 0 Å². The first-order valence-corrected chi connectivity index (χ1v) is 5.09. The monoisotopic (exact) mass is 168 g/mol. The molecule has 0 aromatic heterocycles. The number of rotatable bonds is 0. The number of likely N-dealkylation sites (tertiary alicyclic amines) is 1. The normalized spacial score (nSPS) is 37.2. The first-order valence-electron chi connectivity index (χ1n) is 5.09. The zero-order valence-electron chi connectivity index (χ0n) is 8.43. The highest BCUT2D eigenvalue weighted by atomic mass is 15.3.